The lowest BCUT2D eigenvalue weighted by Gasteiger charge is -2.16. The highest BCUT2D eigenvalue weighted by Crippen LogP contribution is 2.20. The van der Waals surface area contributed by atoms with E-state index in [1.54, 1.807) is 0 Å². The van der Waals surface area contributed by atoms with Gasteiger partial charge in [-0.15, -0.1) is 0 Å². The summed E-state index contributed by atoms with van der Waals surface area (Å²) in [6.07, 6.45) is 1.86. The van der Waals surface area contributed by atoms with E-state index in [0.717, 1.165) is 24.0 Å². The molecule has 1 aliphatic rings. The van der Waals surface area contributed by atoms with Gasteiger partial charge >= 0.3 is 5.97 Å². The Bertz CT molecular complexity index is 380. The predicted octanol–water partition coefficient (Wildman–Crippen LogP) is 2.60. The third kappa shape index (κ3) is 2.20. The largest absolute Gasteiger partial charge is 0.462 e. The van der Waals surface area contributed by atoms with Gasteiger partial charge in [0, 0.05) is 6.42 Å². The molecule has 0 bridgehead atoms. The standard InChI is InChI=1S/C13H16O2/c1-9(2)7-10-3-4-11-5-6-15-13(14)12(11)8-10/h3-4,8-9H,5-7H2,1-2H3. The van der Waals surface area contributed by atoms with Gasteiger partial charge in [-0.3, -0.25) is 0 Å². The molecule has 0 aromatic heterocycles. The summed E-state index contributed by atoms with van der Waals surface area (Å²) in [6, 6.07) is 6.17. The number of benzene rings is 1. The van der Waals surface area contributed by atoms with E-state index in [2.05, 4.69) is 26.0 Å². The summed E-state index contributed by atoms with van der Waals surface area (Å²) in [4.78, 5) is 11.5. The molecule has 2 rings (SSSR count). The fraction of sp³-hybridized carbons (Fsp3) is 0.462. The Balaban J connectivity index is 2.31. The minimum atomic E-state index is -0.165. The van der Waals surface area contributed by atoms with Crippen molar-refractivity contribution in [3.63, 3.8) is 0 Å². The summed E-state index contributed by atoms with van der Waals surface area (Å²) in [6.45, 7) is 4.88. The lowest BCUT2D eigenvalue weighted by molar-refractivity contribution is 0.0480. The van der Waals surface area contributed by atoms with Gasteiger partial charge in [0.15, 0.2) is 0 Å². The van der Waals surface area contributed by atoms with Crippen molar-refractivity contribution in [2.75, 3.05) is 6.61 Å². The molecule has 2 nitrogen and oxygen atoms in total. The van der Waals surface area contributed by atoms with Crippen LogP contribution in [0.5, 0.6) is 0 Å². The number of esters is 1. The van der Waals surface area contributed by atoms with Crippen LogP contribution in [0.4, 0.5) is 0 Å². The number of hydrogen-bond acceptors (Lipinski definition) is 2. The third-order valence-electron chi connectivity index (χ3n) is 2.64. The zero-order valence-corrected chi connectivity index (χ0v) is 9.25. The van der Waals surface area contributed by atoms with Crippen molar-refractivity contribution in [2.24, 2.45) is 5.92 Å². The van der Waals surface area contributed by atoms with Crippen LogP contribution in [0.15, 0.2) is 18.2 Å². The Hall–Kier alpha value is -1.31. The minimum absolute atomic E-state index is 0.165. The van der Waals surface area contributed by atoms with Crippen LogP contribution < -0.4 is 0 Å². The van der Waals surface area contributed by atoms with Crippen molar-refractivity contribution < 1.29 is 9.53 Å². The molecule has 0 saturated carbocycles. The number of ether oxygens (including phenoxy) is 1. The molecule has 0 atom stereocenters. The van der Waals surface area contributed by atoms with E-state index < -0.39 is 0 Å². The van der Waals surface area contributed by atoms with E-state index in [1.165, 1.54) is 5.56 Å². The van der Waals surface area contributed by atoms with Crippen LogP contribution in [-0.2, 0) is 17.6 Å². The second kappa shape index (κ2) is 4.05. The quantitative estimate of drug-likeness (QED) is 0.692. The smallest absolute Gasteiger partial charge is 0.338 e. The van der Waals surface area contributed by atoms with Gasteiger partial charge in [0.05, 0.1) is 12.2 Å². The second-order valence-corrected chi connectivity index (χ2v) is 4.48. The van der Waals surface area contributed by atoms with Crippen LogP contribution in [-0.4, -0.2) is 12.6 Å². The molecule has 0 fully saturated rings. The fourth-order valence-electron chi connectivity index (χ4n) is 1.96. The first kappa shape index (κ1) is 10.2. The highest BCUT2D eigenvalue weighted by atomic mass is 16.5. The molecule has 0 N–H and O–H groups in total. The first-order valence-electron chi connectivity index (χ1n) is 5.46. The molecule has 0 spiro atoms. The maximum absolute atomic E-state index is 11.5. The molecule has 80 valence electrons. The van der Waals surface area contributed by atoms with E-state index in [1.807, 2.05) is 6.07 Å². The molecular weight excluding hydrogens is 188 g/mol. The average Bonchev–Trinajstić information content (AvgIpc) is 2.18. The Morgan fingerprint density at radius 1 is 1.40 bits per heavy atom. The molecule has 15 heavy (non-hydrogen) atoms. The summed E-state index contributed by atoms with van der Waals surface area (Å²) >= 11 is 0. The predicted molar refractivity (Wildman–Crippen MR) is 59.0 cm³/mol. The number of carbonyl (C=O) groups excluding carboxylic acids is 1. The zero-order chi connectivity index (χ0) is 10.8. The molecule has 0 unspecified atom stereocenters. The summed E-state index contributed by atoms with van der Waals surface area (Å²) < 4.78 is 5.03. The Morgan fingerprint density at radius 3 is 2.93 bits per heavy atom. The van der Waals surface area contributed by atoms with Gasteiger partial charge in [-0.25, -0.2) is 4.79 Å². The highest BCUT2D eigenvalue weighted by Gasteiger charge is 2.18. The topological polar surface area (TPSA) is 26.3 Å². The van der Waals surface area contributed by atoms with E-state index >= 15 is 0 Å². The number of hydrogen-bond donors (Lipinski definition) is 0. The molecule has 0 radical (unpaired) electrons. The van der Waals surface area contributed by atoms with Crippen molar-refractivity contribution in [3.8, 4) is 0 Å². The number of fused-ring (bicyclic) bond motifs is 1. The molecule has 1 aromatic rings. The molecule has 0 amide bonds. The van der Waals surface area contributed by atoms with Crippen LogP contribution in [0, 0.1) is 5.92 Å². The molecular formula is C13H16O2. The third-order valence-corrected chi connectivity index (χ3v) is 2.64. The van der Waals surface area contributed by atoms with Crippen LogP contribution in [0.25, 0.3) is 0 Å². The molecule has 0 saturated heterocycles. The van der Waals surface area contributed by atoms with Gasteiger partial charge in [0.1, 0.15) is 0 Å². The first-order chi connectivity index (χ1) is 7.16. The van der Waals surface area contributed by atoms with Crippen molar-refractivity contribution in [1.29, 1.82) is 0 Å². The maximum Gasteiger partial charge on any atom is 0.338 e. The normalized spacial score (nSPS) is 15.0. The van der Waals surface area contributed by atoms with Crippen molar-refractivity contribution in [2.45, 2.75) is 26.7 Å². The van der Waals surface area contributed by atoms with Gasteiger partial charge in [0.2, 0.25) is 0 Å². The summed E-state index contributed by atoms with van der Waals surface area (Å²) in [5.41, 5.74) is 3.11. The van der Waals surface area contributed by atoms with Crippen LogP contribution in [0.3, 0.4) is 0 Å². The fourth-order valence-corrected chi connectivity index (χ4v) is 1.96. The highest BCUT2D eigenvalue weighted by molar-refractivity contribution is 5.92. The van der Waals surface area contributed by atoms with Gasteiger partial charge in [0.25, 0.3) is 0 Å². The van der Waals surface area contributed by atoms with Gasteiger partial charge in [-0.2, -0.15) is 0 Å². The average molecular weight is 204 g/mol. The number of rotatable bonds is 2. The molecule has 0 aliphatic carbocycles. The molecule has 1 heterocycles. The van der Waals surface area contributed by atoms with Gasteiger partial charge in [-0.1, -0.05) is 26.0 Å². The lowest BCUT2D eigenvalue weighted by Crippen LogP contribution is -2.17. The summed E-state index contributed by atoms with van der Waals surface area (Å²) in [5.74, 6) is 0.449. The van der Waals surface area contributed by atoms with Gasteiger partial charge in [-0.05, 0) is 29.5 Å². The van der Waals surface area contributed by atoms with Crippen LogP contribution in [0.1, 0.15) is 35.3 Å². The first-order valence-corrected chi connectivity index (χ1v) is 5.46. The van der Waals surface area contributed by atoms with Crippen LogP contribution >= 0.6 is 0 Å². The number of cyclic esters (lactones) is 1. The minimum Gasteiger partial charge on any atom is -0.462 e. The zero-order valence-electron chi connectivity index (χ0n) is 9.25. The van der Waals surface area contributed by atoms with Gasteiger partial charge < -0.3 is 4.74 Å². The van der Waals surface area contributed by atoms with E-state index in [0.29, 0.717) is 12.5 Å². The molecule has 1 aliphatic heterocycles. The lowest BCUT2D eigenvalue weighted by atomic mass is 9.96. The maximum atomic E-state index is 11.5. The Kier molecular flexibility index (Phi) is 2.76. The van der Waals surface area contributed by atoms with Crippen molar-refractivity contribution in [3.05, 3.63) is 34.9 Å². The van der Waals surface area contributed by atoms with Crippen molar-refractivity contribution in [1.82, 2.24) is 0 Å². The summed E-state index contributed by atoms with van der Waals surface area (Å²) in [5, 5.41) is 0. The van der Waals surface area contributed by atoms with E-state index in [4.69, 9.17) is 4.74 Å². The molecule has 2 heteroatoms. The second-order valence-electron chi connectivity index (χ2n) is 4.48. The van der Waals surface area contributed by atoms with E-state index in [-0.39, 0.29) is 5.97 Å². The molecule has 1 aromatic carbocycles. The van der Waals surface area contributed by atoms with E-state index in [9.17, 15) is 4.79 Å². The Labute approximate surface area is 90.3 Å². The monoisotopic (exact) mass is 204 g/mol. The SMILES string of the molecule is CC(C)Cc1ccc2c(c1)C(=O)OCC2. The Morgan fingerprint density at radius 2 is 2.20 bits per heavy atom. The number of carbonyl (C=O) groups is 1. The van der Waals surface area contributed by atoms with Crippen LogP contribution in [0.2, 0.25) is 0 Å². The van der Waals surface area contributed by atoms with Crippen molar-refractivity contribution >= 4 is 5.97 Å². The summed E-state index contributed by atoms with van der Waals surface area (Å²) in [7, 11) is 0.